The molecule has 24 heavy (non-hydrogen) atoms. The molecule has 6 nitrogen and oxygen atoms in total. The number of hydrogen-bond acceptors (Lipinski definition) is 4. The molecular formula is C16H14F2N2O4. The first-order chi connectivity index (χ1) is 11.6. The highest BCUT2D eigenvalue weighted by Gasteiger charge is 2.14. The monoisotopic (exact) mass is 336 g/mol. The number of carbonyl (C=O) groups excluding carboxylic acids is 2. The van der Waals surface area contributed by atoms with E-state index in [-0.39, 0.29) is 24.3 Å². The highest BCUT2D eigenvalue weighted by atomic mass is 19.1. The van der Waals surface area contributed by atoms with Crippen molar-refractivity contribution in [3.8, 4) is 0 Å². The Morgan fingerprint density at radius 2 is 1.12 bits per heavy atom. The molecule has 0 radical (unpaired) electrons. The van der Waals surface area contributed by atoms with Gasteiger partial charge in [0.2, 0.25) is 0 Å². The predicted molar refractivity (Wildman–Crippen MR) is 78.7 cm³/mol. The van der Waals surface area contributed by atoms with Crippen molar-refractivity contribution in [1.29, 1.82) is 0 Å². The SMILES string of the molecule is O=C(NOCc1ccccc1F)C(=O)NOCc1ccccc1F. The summed E-state index contributed by atoms with van der Waals surface area (Å²) in [5.41, 5.74) is 4.13. The Kier molecular flexibility index (Phi) is 6.35. The zero-order chi connectivity index (χ0) is 17.4. The van der Waals surface area contributed by atoms with Crippen LogP contribution in [0.3, 0.4) is 0 Å². The van der Waals surface area contributed by atoms with Gasteiger partial charge in [-0.05, 0) is 12.1 Å². The van der Waals surface area contributed by atoms with Crippen LogP contribution in [0.4, 0.5) is 8.78 Å². The van der Waals surface area contributed by atoms with Gasteiger partial charge in [-0.15, -0.1) is 0 Å². The molecule has 0 fully saturated rings. The van der Waals surface area contributed by atoms with Crippen molar-refractivity contribution in [3.05, 3.63) is 71.3 Å². The molecular weight excluding hydrogens is 322 g/mol. The average Bonchev–Trinajstić information content (AvgIpc) is 2.58. The molecule has 0 aromatic heterocycles. The Labute approximate surface area is 136 Å². The predicted octanol–water partition coefficient (Wildman–Crippen LogP) is 1.76. The molecule has 2 aromatic carbocycles. The van der Waals surface area contributed by atoms with E-state index in [0.29, 0.717) is 0 Å². The van der Waals surface area contributed by atoms with Gasteiger partial charge in [0.05, 0.1) is 0 Å². The molecule has 2 rings (SSSR count). The number of halogens is 2. The maximum atomic E-state index is 13.3. The van der Waals surface area contributed by atoms with Crippen LogP contribution in [0.5, 0.6) is 0 Å². The van der Waals surface area contributed by atoms with Crippen LogP contribution < -0.4 is 11.0 Å². The molecule has 8 heteroatoms. The quantitative estimate of drug-likeness (QED) is 0.623. The van der Waals surface area contributed by atoms with Gasteiger partial charge in [0.25, 0.3) is 0 Å². The Balaban J connectivity index is 1.70. The van der Waals surface area contributed by atoms with Crippen molar-refractivity contribution >= 4 is 11.8 Å². The van der Waals surface area contributed by atoms with Gasteiger partial charge in [0, 0.05) is 11.1 Å². The molecule has 0 saturated heterocycles. The molecule has 0 aliphatic rings. The Morgan fingerprint density at radius 3 is 1.50 bits per heavy atom. The van der Waals surface area contributed by atoms with Crippen molar-refractivity contribution in [2.24, 2.45) is 0 Å². The molecule has 0 atom stereocenters. The summed E-state index contributed by atoms with van der Waals surface area (Å²) in [5, 5.41) is 0. The van der Waals surface area contributed by atoms with Gasteiger partial charge in [-0.2, -0.15) is 0 Å². The fourth-order valence-corrected chi connectivity index (χ4v) is 1.68. The van der Waals surface area contributed by atoms with E-state index in [1.807, 2.05) is 11.0 Å². The second kappa shape index (κ2) is 8.70. The number of carbonyl (C=O) groups is 2. The fraction of sp³-hybridized carbons (Fsp3) is 0.125. The van der Waals surface area contributed by atoms with Gasteiger partial charge < -0.3 is 0 Å². The second-order valence-electron chi connectivity index (χ2n) is 4.62. The smallest absolute Gasteiger partial charge is 0.268 e. The lowest BCUT2D eigenvalue weighted by Crippen LogP contribution is -2.39. The van der Waals surface area contributed by atoms with Crippen LogP contribution in [0.2, 0.25) is 0 Å². The van der Waals surface area contributed by atoms with E-state index in [0.717, 1.165) is 0 Å². The van der Waals surface area contributed by atoms with Crippen molar-refractivity contribution in [2.45, 2.75) is 13.2 Å². The zero-order valence-electron chi connectivity index (χ0n) is 12.4. The van der Waals surface area contributed by atoms with Gasteiger partial charge in [0.15, 0.2) is 0 Å². The third-order valence-corrected chi connectivity index (χ3v) is 2.91. The summed E-state index contributed by atoms with van der Waals surface area (Å²) in [7, 11) is 0. The summed E-state index contributed by atoms with van der Waals surface area (Å²) in [6, 6.07) is 11.7. The Morgan fingerprint density at radius 1 is 0.750 bits per heavy atom. The van der Waals surface area contributed by atoms with Gasteiger partial charge in [-0.25, -0.2) is 19.7 Å². The van der Waals surface area contributed by atoms with Crippen LogP contribution in [0, 0.1) is 11.6 Å². The molecule has 0 bridgehead atoms. The fourth-order valence-electron chi connectivity index (χ4n) is 1.68. The molecule has 0 aliphatic carbocycles. The lowest BCUT2D eigenvalue weighted by atomic mass is 10.2. The number of hydrogen-bond donors (Lipinski definition) is 2. The Bertz CT molecular complexity index is 663. The Hall–Kier alpha value is -2.84. The highest BCUT2D eigenvalue weighted by molar-refractivity contribution is 6.34. The summed E-state index contributed by atoms with van der Waals surface area (Å²) < 4.78 is 26.6. The minimum Gasteiger partial charge on any atom is -0.268 e. The van der Waals surface area contributed by atoms with Gasteiger partial charge in [-0.3, -0.25) is 19.3 Å². The van der Waals surface area contributed by atoms with E-state index < -0.39 is 23.4 Å². The van der Waals surface area contributed by atoms with E-state index in [4.69, 9.17) is 9.68 Å². The molecule has 0 saturated carbocycles. The topological polar surface area (TPSA) is 76.7 Å². The van der Waals surface area contributed by atoms with Crippen molar-refractivity contribution in [1.82, 2.24) is 11.0 Å². The average molecular weight is 336 g/mol. The number of rotatable bonds is 6. The molecule has 0 aliphatic heterocycles. The van der Waals surface area contributed by atoms with Crippen molar-refractivity contribution in [2.75, 3.05) is 0 Å². The van der Waals surface area contributed by atoms with Crippen molar-refractivity contribution < 1.29 is 28.0 Å². The number of nitrogens with one attached hydrogen (secondary N) is 2. The summed E-state index contributed by atoms with van der Waals surface area (Å²) in [5.74, 6) is -3.27. The zero-order valence-corrected chi connectivity index (χ0v) is 12.4. The molecule has 2 amide bonds. The van der Waals surface area contributed by atoms with Gasteiger partial charge >= 0.3 is 11.8 Å². The van der Waals surface area contributed by atoms with E-state index in [2.05, 4.69) is 0 Å². The van der Waals surface area contributed by atoms with Crippen LogP contribution in [0.25, 0.3) is 0 Å². The maximum Gasteiger partial charge on any atom is 0.335 e. The third-order valence-electron chi connectivity index (χ3n) is 2.91. The lowest BCUT2D eigenvalue weighted by Gasteiger charge is -2.08. The minimum atomic E-state index is -1.14. The number of amides is 2. The van der Waals surface area contributed by atoms with Crippen LogP contribution in [0.15, 0.2) is 48.5 Å². The van der Waals surface area contributed by atoms with Crippen LogP contribution in [0.1, 0.15) is 11.1 Å². The van der Waals surface area contributed by atoms with Gasteiger partial charge in [0.1, 0.15) is 24.8 Å². The molecule has 2 N–H and O–H groups in total. The second-order valence-corrected chi connectivity index (χ2v) is 4.62. The summed E-state index contributed by atoms with van der Waals surface area (Å²) in [6.07, 6.45) is 0. The maximum absolute atomic E-state index is 13.3. The number of benzene rings is 2. The van der Waals surface area contributed by atoms with E-state index >= 15 is 0 Å². The van der Waals surface area contributed by atoms with Crippen LogP contribution >= 0.6 is 0 Å². The lowest BCUT2D eigenvalue weighted by molar-refractivity contribution is -0.154. The van der Waals surface area contributed by atoms with Crippen molar-refractivity contribution in [3.63, 3.8) is 0 Å². The van der Waals surface area contributed by atoms with Crippen LogP contribution in [-0.4, -0.2) is 11.8 Å². The highest BCUT2D eigenvalue weighted by Crippen LogP contribution is 2.07. The van der Waals surface area contributed by atoms with Crippen LogP contribution in [-0.2, 0) is 32.5 Å². The van der Waals surface area contributed by atoms with E-state index in [9.17, 15) is 18.4 Å². The molecule has 0 heterocycles. The summed E-state index contributed by atoms with van der Waals surface area (Å²) in [6.45, 7) is -0.496. The largest absolute Gasteiger partial charge is 0.335 e. The molecule has 0 spiro atoms. The standard InChI is InChI=1S/C16H14F2N2O4/c17-13-7-3-1-5-11(13)9-23-19-15(21)16(22)20-24-10-12-6-2-4-8-14(12)18/h1-8H,9-10H2,(H,19,21)(H,20,22). The first-order valence-corrected chi connectivity index (χ1v) is 6.88. The first kappa shape index (κ1) is 17.5. The third kappa shape index (κ3) is 5.11. The molecule has 2 aromatic rings. The van der Waals surface area contributed by atoms with E-state index in [1.165, 1.54) is 36.4 Å². The minimum absolute atomic E-state index is 0.217. The summed E-state index contributed by atoms with van der Waals surface area (Å²) in [4.78, 5) is 32.4. The normalized spacial score (nSPS) is 10.2. The number of hydroxylamine groups is 2. The first-order valence-electron chi connectivity index (χ1n) is 6.88. The van der Waals surface area contributed by atoms with Gasteiger partial charge in [-0.1, -0.05) is 36.4 Å². The van der Waals surface area contributed by atoms with E-state index in [1.54, 1.807) is 12.1 Å². The molecule has 126 valence electrons. The summed E-state index contributed by atoms with van der Waals surface area (Å²) >= 11 is 0. The molecule has 0 unspecified atom stereocenters.